The Morgan fingerprint density at radius 1 is 0.508 bits per heavy atom. The van der Waals surface area contributed by atoms with Crippen LogP contribution in [-0.2, 0) is 5.41 Å². The van der Waals surface area contributed by atoms with Crippen molar-refractivity contribution >= 4 is 88.5 Å². The van der Waals surface area contributed by atoms with Gasteiger partial charge in [-0.15, -0.1) is 0 Å². The summed E-state index contributed by atoms with van der Waals surface area (Å²) in [5, 5.41) is 6.44. The van der Waals surface area contributed by atoms with Crippen LogP contribution in [0.5, 0.6) is 0 Å². The lowest BCUT2D eigenvalue weighted by molar-refractivity contribution is 0.640. The van der Waals surface area contributed by atoms with Crippen LogP contribution in [0, 0.1) is 0 Å². The van der Waals surface area contributed by atoms with Gasteiger partial charge in [-0.3, -0.25) is 0 Å². The predicted molar refractivity (Wildman–Crippen MR) is 251 cm³/mol. The molecule has 3 aromatic heterocycles. The molecular weight excluding hydrogens is 747 g/mol. The highest BCUT2D eigenvalue weighted by atomic mass is 16.3. The molecule has 1 atom stereocenters. The summed E-state index contributed by atoms with van der Waals surface area (Å²) in [6.45, 7) is 4.72. The third-order valence-corrected chi connectivity index (χ3v) is 13.4. The zero-order valence-electron chi connectivity index (χ0n) is 33.8. The number of nitrogens with zero attached hydrogens (tertiary/aromatic N) is 1. The molecule has 3 heterocycles. The third-order valence-electron chi connectivity index (χ3n) is 13.4. The summed E-state index contributed by atoms with van der Waals surface area (Å²) in [7, 11) is 0. The van der Waals surface area contributed by atoms with Crippen LogP contribution < -0.4 is 4.90 Å². The van der Waals surface area contributed by atoms with Crippen molar-refractivity contribution in [1.29, 1.82) is 0 Å². The molecule has 0 spiro atoms. The van der Waals surface area contributed by atoms with Crippen molar-refractivity contribution in [3.8, 4) is 11.1 Å². The Kier molecular flexibility index (Phi) is 7.16. The van der Waals surface area contributed by atoms with Gasteiger partial charge in [-0.05, 0) is 88.4 Å². The molecule has 0 N–H and O–H groups in total. The molecule has 290 valence electrons. The summed E-state index contributed by atoms with van der Waals surface area (Å²) >= 11 is 0. The van der Waals surface area contributed by atoms with E-state index < -0.39 is 0 Å². The largest absolute Gasteiger partial charge is 0.456 e. The molecule has 0 saturated heterocycles. The number of anilines is 3. The molecule has 61 heavy (non-hydrogen) atoms. The molecule has 2 aliphatic carbocycles. The Hall–Kier alpha value is -7.56. The van der Waals surface area contributed by atoms with Crippen molar-refractivity contribution in [1.82, 2.24) is 0 Å². The van der Waals surface area contributed by atoms with Gasteiger partial charge in [0.25, 0.3) is 0 Å². The van der Waals surface area contributed by atoms with Gasteiger partial charge < -0.3 is 18.2 Å². The molecule has 0 aliphatic heterocycles. The second-order valence-corrected chi connectivity index (χ2v) is 17.1. The van der Waals surface area contributed by atoms with E-state index in [0.717, 1.165) is 94.9 Å². The highest BCUT2D eigenvalue weighted by Gasteiger charge is 2.40. The maximum atomic E-state index is 7.22. The molecule has 8 aromatic carbocycles. The molecule has 0 saturated carbocycles. The van der Waals surface area contributed by atoms with Gasteiger partial charge in [-0.1, -0.05) is 147 Å². The fraction of sp³-hybridized carbons (Fsp3) is 0.0877. The van der Waals surface area contributed by atoms with E-state index in [9.17, 15) is 0 Å². The van der Waals surface area contributed by atoms with Crippen LogP contribution >= 0.6 is 0 Å². The van der Waals surface area contributed by atoms with Crippen LogP contribution in [0.3, 0.4) is 0 Å². The minimum Gasteiger partial charge on any atom is -0.456 e. The first kappa shape index (κ1) is 34.3. The Balaban J connectivity index is 1.08. The smallest absolute Gasteiger partial charge is 0.159 e. The van der Waals surface area contributed by atoms with Crippen molar-refractivity contribution in [2.45, 2.75) is 31.6 Å². The van der Waals surface area contributed by atoms with Crippen molar-refractivity contribution < 1.29 is 13.3 Å². The lowest BCUT2D eigenvalue weighted by atomic mass is 9.76. The molecule has 11 aromatic rings. The molecule has 0 amide bonds. The Morgan fingerprint density at radius 3 is 2.02 bits per heavy atom. The number of rotatable bonds is 5. The minimum atomic E-state index is -0.123. The number of benzene rings is 8. The number of allylic oxidation sites excluding steroid dienone is 4. The van der Waals surface area contributed by atoms with Gasteiger partial charge in [-0.25, -0.2) is 0 Å². The average Bonchev–Trinajstić information content (AvgIpc) is 4.05. The summed E-state index contributed by atoms with van der Waals surface area (Å²) in [6, 6.07) is 60.1. The fourth-order valence-corrected chi connectivity index (χ4v) is 10.6. The highest BCUT2D eigenvalue weighted by molar-refractivity contribution is 6.21. The second kappa shape index (κ2) is 12.7. The van der Waals surface area contributed by atoms with Crippen LogP contribution in [0.2, 0.25) is 0 Å². The highest BCUT2D eigenvalue weighted by Crippen LogP contribution is 2.55. The summed E-state index contributed by atoms with van der Waals surface area (Å²) < 4.78 is 20.8. The molecule has 0 radical (unpaired) electrons. The second-order valence-electron chi connectivity index (χ2n) is 17.1. The van der Waals surface area contributed by atoms with Gasteiger partial charge in [0, 0.05) is 49.5 Å². The summed E-state index contributed by atoms with van der Waals surface area (Å²) in [5.41, 5.74) is 17.0. The van der Waals surface area contributed by atoms with Crippen LogP contribution in [0.15, 0.2) is 201 Å². The topological polar surface area (TPSA) is 42.7 Å². The molecule has 13 rings (SSSR count). The van der Waals surface area contributed by atoms with Crippen molar-refractivity contribution in [3.63, 3.8) is 0 Å². The van der Waals surface area contributed by atoms with Crippen molar-refractivity contribution in [3.05, 3.63) is 204 Å². The standard InChI is InChI=1S/C57H39NO3/c1-57(2)44-20-9-6-16-38(44)39-31-28-36(32-45(39)57)52-54-42-18-8-11-24-49(42)59-51(54)33-43-53-46(21-13-25-50(53)61-56(43)52)58(37-29-26-35(27-30-37)34-14-4-3-5-15-34)47-22-12-19-41-40-17-7-10-23-48(40)60-55(41)47/h3-27,29-33,36H,28H2,1-2H3. The average molecular weight is 786 g/mol. The van der Waals surface area contributed by atoms with E-state index in [1.165, 1.54) is 33.4 Å². The van der Waals surface area contributed by atoms with E-state index in [2.05, 4.69) is 189 Å². The molecule has 1 unspecified atom stereocenters. The Bertz CT molecular complexity index is 3650. The van der Waals surface area contributed by atoms with Crippen molar-refractivity contribution in [2.75, 3.05) is 4.90 Å². The Labute approximate surface area is 352 Å². The summed E-state index contributed by atoms with van der Waals surface area (Å²) in [5.74, 6) is 0.0643. The molecular formula is C57H39NO3. The normalized spacial score (nSPS) is 15.8. The monoisotopic (exact) mass is 785 g/mol. The first-order valence-corrected chi connectivity index (χ1v) is 21.2. The third kappa shape index (κ3) is 4.93. The van der Waals surface area contributed by atoms with E-state index in [-0.39, 0.29) is 11.3 Å². The quantitative estimate of drug-likeness (QED) is 0.174. The maximum absolute atomic E-state index is 7.22. The lowest BCUT2D eigenvalue weighted by Crippen LogP contribution is -2.17. The zero-order chi connectivity index (χ0) is 40.4. The summed E-state index contributed by atoms with van der Waals surface area (Å²) in [4.78, 5) is 2.34. The van der Waals surface area contributed by atoms with Gasteiger partial charge in [0.1, 0.15) is 27.9 Å². The van der Waals surface area contributed by atoms with Gasteiger partial charge >= 0.3 is 0 Å². The number of hydrogen-bond acceptors (Lipinski definition) is 4. The van der Waals surface area contributed by atoms with Crippen LogP contribution in [0.25, 0.3) is 82.5 Å². The molecule has 0 bridgehead atoms. The maximum Gasteiger partial charge on any atom is 0.159 e. The van der Waals surface area contributed by atoms with Gasteiger partial charge in [0.15, 0.2) is 5.58 Å². The lowest BCUT2D eigenvalue weighted by Gasteiger charge is -2.27. The van der Waals surface area contributed by atoms with Crippen molar-refractivity contribution in [2.24, 2.45) is 0 Å². The van der Waals surface area contributed by atoms with Gasteiger partial charge in [0.2, 0.25) is 0 Å². The van der Waals surface area contributed by atoms with Crippen LogP contribution in [-0.4, -0.2) is 0 Å². The number of furan rings is 3. The SMILES string of the molecule is CC1(C)C2=CC(c3c4oc5cccc(N(c6ccc(-c7ccccc7)cc6)c6cccc7c6oc6ccccc67)c5c4cc4oc5ccccc5c34)CC=C2c2ccccc21. The van der Waals surface area contributed by atoms with E-state index in [0.29, 0.717) is 0 Å². The minimum absolute atomic E-state index is 0.0643. The fourth-order valence-electron chi connectivity index (χ4n) is 10.6. The van der Waals surface area contributed by atoms with Crippen LogP contribution in [0.1, 0.15) is 42.9 Å². The summed E-state index contributed by atoms with van der Waals surface area (Å²) in [6.07, 6.45) is 5.85. The Morgan fingerprint density at radius 2 is 1.16 bits per heavy atom. The predicted octanol–water partition coefficient (Wildman–Crippen LogP) is 16.3. The van der Waals surface area contributed by atoms with Crippen LogP contribution in [0.4, 0.5) is 17.1 Å². The van der Waals surface area contributed by atoms with Gasteiger partial charge in [-0.2, -0.15) is 0 Å². The first-order chi connectivity index (χ1) is 30.0. The van der Waals surface area contributed by atoms with E-state index >= 15 is 0 Å². The number of fused-ring (bicyclic) bond motifs is 12. The zero-order valence-corrected chi connectivity index (χ0v) is 33.8. The molecule has 4 nitrogen and oxygen atoms in total. The molecule has 0 fully saturated rings. The number of hydrogen-bond donors (Lipinski definition) is 0. The van der Waals surface area contributed by atoms with E-state index in [1.54, 1.807) is 0 Å². The molecule has 4 heteroatoms. The number of para-hydroxylation sites is 3. The van der Waals surface area contributed by atoms with E-state index in [1.807, 2.05) is 12.1 Å². The van der Waals surface area contributed by atoms with E-state index in [4.69, 9.17) is 13.3 Å². The van der Waals surface area contributed by atoms with Gasteiger partial charge in [0.05, 0.1) is 16.8 Å². The molecule has 2 aliphatic rings. The first-order valence-electron chi connectivity index (χ1n) is 21.2.